The van der Waals surface area contributed by atoms with Crippen LogP contribution in [0, 0.1) is 0 Å². The van der Waals surface area contributed by atoms with Crippen LogP contribution in [0.2, 0.25) is 5.02 Å². The number of nitrogens with one attached hydrogen (secondary N) is 1. The minimum Gasteiger partial charge on any atom is -0.387 e. The Morgan fingerprint density at radius 1 is 1.32 bits per heavy atom. The van der Waals surface area contributed by atoms with Gasteiger partial charge in [0.15, 0.2) is 0 Å². The Morgan fingerprint density at radius 3 is 2.63 bits per heavy atom. The van der Waals surface area contributed by atoms with Gasteiger partial charge in [-0.2, -0.15) is 0 Å². The highest BCUT2D eigenvalue weighted by Gasteiger charge is 2.10. The fourth-order valence-corrected chi connectivity index (χ4v) is 2.07. The van der Waals surface area contributed by atoms with E-state index < -0.39 is 6.10 Å². The molecule has 4 heteroatoms. The number of nitrogens with zero attached hydrogens (tertiary/aromatic N) is 1. The minimum atomic E-state index is -0.545. The third kappa shape index (κ3) is 5.91. The van der Waals surface area contributed by atoms with E-state index in [1.807, 2.05) is 18.2 Å². The number of hydrogen-bond donors (Lipinski definition) is 2. The second-order valence-corrected chi connectivity index (χ2v) is 5.58. The maximum Gasteiger partial charge on any atom is 0.0928 e. The lowest BCUT2D eigenvalue weighted by molar-refractivity contribution is 0.174. The van der Waals surface area contributed by atoms with Gasteiger partial charge in [-0.25, -0.2) is 0 Å². The molecule has 0 fully saturated rings. The molecule has 0 aliphatic rings. The summed E-state index contributed by atoms with van der Waals surface area (Å²) in [6.45, 7) is 6.88. The average molecular weight is 285 g/mol. The number of hydrogen-bond acceptors (Lipinski definition) is 3. The Morgan fingerprint density at radius 2 is 2.00 bits per heavy atom. The van der Waals surface area contributed by atoms with Gasteiger partial charge in [0.1, 0.15) is 0 Å². The van der Waals surface area contributed by atoms with Crippen LogP contribution >= 0.6 is 11.6 Å². The predicted octanol–water partition coefficient (Wildman–Crippen LogP) is 2.69. The molecule has 0 radical (unpaired) electrons. The number of halogens is 1. The fraction of sp³-hybridized carbons (Fsp3) is 0.600. The van der Waals surface area contributed by atoms with Crippen molar-refractivity contribution in [3.8, 4) is 0 Å². The quantitative estimate of drug-likeness (QED) is 0.721. The smallest absolute Gasteiger partial charge is 0.0928 e. The Balaban J connectivity index is 2.21. The van der Waals surface area contributed by atoms with Crippen molar-refractivity contribution in [2.24, 2.45) is 0 Å². The maximum absolute atomic E-state index is 10.0. The highest BCUT2D eigenvalue weighted by molar-refractivity contribution is 6.31. The van der Waals surface area contributed by atoms with Gasteiger partial charge in [-0.05, 0) is 46.5 Å². The molecule has 3 nitrogen and oxygen atoms in total. The third-order valence-electron chi connectivity index (χ3n) is 3.35. The third-order valence-corrected chi connectivity index (χ3v) is 3.69. The molecule has 0 amide bonds. The molecule has 0 saturated heterocycles. The molecule has 108 valence electrons. The number of benzene rings is 1. The van der Waals surface area contributed by atoms with E-state index in [1.54, 1.807) is 6.07 Å². The summed E-state index contributed by atoms with van der Waals surface area (Å²) in [7, 11) is 2.13. The zero-order chi connectivity index (χ0) is 14.3. The Labute approximate surface area is 121 Å². The molecule has 1 aromatic rings. The second kappa shape index (κ2) is 8.54. The van der Waals surface area contributed by atoms with E-state index in [-0.39, 0.29) is 0 Å². The first-order valence-electron chi connectivity index (χ1n) is 6.85. The van der Waals surface area contributed by atoms with Gasteiger partial charge >= 0.3 is 0 Å². The standard InChI is InChI=1S/C15H25ClN2O/c1-12(2)18(3)10-6-9-17-11-15(19)13-7-4-5-8-14(13)16/h4-5,7-8,12,15,17,19H,6,9-11H2,1-3H3. The predicted molar refractivity (Wildman–Crippen MR) is 81.7 cm³/mol. The van der Waals surface area contributed by atoms with Crippen molar-refractivity contribution in [3.63, 3.8) is 0 Å². The molecule has 0 aromatic heterocycles. The van der Waals surface area contributed by atoms with Crippen LogP contribution in [0.4, 0.5) is 0 Å². The van der Waals surface area contributed by atoms with Crippen molar-refractivity contribution in [3.05, 3.63) is 34.9 Å². The van der Waals surface area contributed by atoms with Crippen LogP contribution in [0.5, 0.6) is 0 Å². The Kier molecular flexibility index (Phi) is 7.39. The molecule has 1 unspecified atom stereocenters. The lowest BCUT2D eigenvalue weighted by atomic mass is 10.1. The summed E-state index contributed by atoms with van der Waals surface area (Å²) < 4.78 is 0. The Bertz CT molecular complexity index is 371. The number of rotatable bonds is 8. The first kappa shape index (κ1) is 16.4. The van der Waals surface area contributed by atoms with Crippen LogP contribution in [0.15, 0.2) is 24.3 Å². The topological polar surface area (TPSA) is 35.5 Å². The summed E-state index contributed by atoms with van der Waals surface area (Å²) in [6, 6.07) is 8.00. The summed E-state index contributed by atoms with van der Waals surface area (Å²) in [5.41, 5.74) is 0.788. The molecule has 0 heterocycles. The molecule has 0 spiro atoms. The van der Waals surface area contributed by atoms with Gasteiger partial charge in [-0.1, -0.05) is 29.8 Å². The molecule has 0 saturated carbocycles. The molecule has 0 bridgehead atoms. The summed E-state index contributed by atoms with van der Waals surface area (Å²) in [5, 5.41) is 13.9. The lowest BCUT2D eigenvalue weighted by Crippen LogP contribution is -2.30. The average Bonchev–Trinajstić information content (AvgIpc) is 2.38. The van der Waals surface area contributed by atoms with E-state index in [0.717, 1.165) is 25.1 Å². The SMILES string of the molecule is CC(C)N(C)CCCNCC(O)c1ccccc1Cl. The van der Waals surface area contributed by atoms with Crippen LogP contribution in [0.25, 0.3) is 0 Å². The first-order chi connectivity index (χ1) is 9.02. The minimum absolute atomic E-state index is 0.537. The van der Waals surface area contributed by atoms with E-state index in [2.05, 4.69) is 31.1 Å². The summed E-state index contributed by atoms with van der Waals surface area (Å²) in [4.78, 5) is 2.31. The second-order valence-electron chi connectivity index (χ2n) is 5.17. The molecule has 1 aromatic carbocycles. The molecule has 0 aliphatic heterocycles. The molecular weight excluding hydrogens is 260 g/mol. The van der Waals surface area contributed by atoms with Gasteiger partial charge in [0.25, 0.3) is 0 Å². The van der Waals surface area contributed by atoms with Gasteiger partial charge in [0.05, 0.1) is 6.10 Å². The largest absolute Gasteiger partial charge is 0.387 e. The van der Waals surface area contributed by atoms with Gasteiger partial charge in [-0.15, -0.1) is 0 Å². The van der Waals surface area contributed by atoms with Crippen molar-refractivity contribution < 1.29 is 5.11 Å². The van der Waals surface area contributed by atoms with Crippen LogP contribution < -0.4 is 5.32 Å². The van der Waals surface area contributed by atoms with Crippen LogP contribution in [-0.2, 0) is 0 Å². The molecule has 1 rings (SSSR count). The number of aliphatic hydroxyl groups is 1. The molecule has 0 aliphatic carbocycles. The van der Waals surface area contributed by atoms with Crippen molar-refractivity contribution >= 4 is 11.6 Å². The van der Waals surface area contributed by atoms with Gasteiger partial charge in [0.2, 0.25) is 0 Å². The van der Waals surface area contributed by atoms with Crippen molar-refractivity contribution in [2.75, 3.05) is 26.7 Å². The van der Waals surface area contributed by atoms with Crippen molar-refractivity contribution in [1.29, 1.82) is 0 Å². The Hall–Kier alpha value is -0.610. The maximum atomic E-state index is 10.0. The lowest BCUT2D eigenvalue weighted by Gasteiger charge is -2.21. The van der Waals surface area contributed by atoms with Crippen LogP contribution in [0.3, 0.4) is 0 Å². The monoisotopic (exact) mass is 284 g/mol. The molecule has 19 heavy (non-hydrogen) atoms. The van der Waals surface area contributed by atoms with Crippen molar-refractivity contribution in [1.82, 2.24) is 10.2 Å². The molecular formula is C15H25ClN2O. The van der Waals surface area contributed by atoms with E-state index in [9.17, 15) is 5.11 Å². The zero-order valence-electron chi connectivity index (χ0n) is 12.1. The molecule has 2 N–H and O–H groups in total. The molecule has 1 atom stereocenters. The van der Waals surface area contributed by atoms with Gasteiger partial charge in [-0.3, -0.25) is 0 Å². The summed E-state index contributed by atoms with van der Waals surface area (Å²) in [5.74, 6) is 0. The summed E-state index contributed by atoms with van der Waals surface area (Å²) in [6.07, 6.45) is 0.528. The van der Waals surface area contributed by atoms with E-state index in [0.29, 0.717) is 17.6 Å². The van der Waals surface area contributed by atoms with Gasteiger partial charge < -0.3 is 15.3 Å². The zero-order valence-corrected chi connectivity index (χ0v) is 12.8. The highest BCUT2D eigenvalue weighted by Crippen LogP contribution is 2.21. The van der Waals surface area contributed by atoms with Crippen LogP contribution in [-0.4, -0.2) is 42.7 Å². The fourth-order valence-electron chi connectivity index (χ4n) is 1.81. The number of aliphatic hydroxyl groups excluding tert-OH is 1. The van der Waals surface area contributed by atoms with E-state index in [4.69, 9.17) is 11.6 Å². The van der Waals surface area contributed by atoms with Crippen molar-refractivity contribution in [2.45, 2.75) is 32.4 Å². The summed E-state index contributed by atoms with van der Waals surface area (Å²) >= 11 is 6.04. The van der Waals surface area contributed by atoms with Crippen LogP contribution in [0.1, 0.15) is 31.9 Å². The normalized spacial score (nSPS) is 13.2. The van der Waals surface area contributed by atoms with E-state index >= 15 is 0 Å². The van der Waals surface area contributed by atoms with Gasteiger partial charge in [0, 0.05) is 23.2 Å². The van der Waals surface area contributed by atoms with E-state index in [1.165, 1.54) is 0 Å². The highest BCUT2D eigenvalue weighted by atomic mass is 35.5. The first-order valence-corrected chi connectivity index (χ1v) is 7.23.